The maximum absolute atomic E-state index is 11.6. The number of amides is 1. The van der Waals surface area contributed by atoms with Crippen molar-refractivity contribution < 1.29 is 19.1 Å². The first-order chi connectivity index (χ1) is 14.0. The van der Waals surface area contributed by atoms with Crippen LogP contribution in [0.2, 0.25) is 0 Å². The fourth-order valence-electron chi connectivity index (χ4n) is 2.54. The van der Waals surface area contributed by atoms with Gasteiger partial charge in [0.2, 0.25) is 5.91 Å². The summed E-state index contributed by atoms with van der Waals surface area (Å²) < 4.78 is 4.69. The number of unbranched alkanes of at least 4 members (excludes halogenated alkanes) is 5. The Bertz CT molecular complexity index is 553. The van der Waals surface area contributed by atoms with Gasteiger partial charge in [-0.25, -0.2) is 4.79 Å². The van der Waals surface area contributed by atoms with Crippen molar-refractivity contribution in [2.45, 2.75) is 90.0 Å². The number of hydrogen-bond donors (Lipinski definition) is 2. The second kappa shape index (κ2) is 19.1. The van der Waals surface area contributed by atoms with E-state index in [0.717, 1.165) is 51.4 Å². The van der Waals surface area contributed by atoms with Gasteiger partial charge in [0.15, 0.2) is 0 Å². The van der Waals surface area contributed by atoms with Crippen LogP contribution in [-0.4, -0.2) is 23.9 Å². The summed E-state index contributed by atoms with van der Waals surface area (Å²) in [6, 6.07) is -0.993. The van der Waals surface area contributed by atoms with E-state index in [1.54, 1.807) is 0 Å². The van der Waals surface area contributed by atoms with Crippen molar-refractivity contribution in [1.82, 2.24) is 0 Å². The van der Waals surface area contributed by atoms with Gasteiger partial charge in [0, 0.05) is 12.8 Å². The molecule has 0 fully saturated rings. The quantitative estimate of drug-likeness (QED) is 0.162. The lowest BCUT2D eigenvalue weighted by Gasteiger charge is -2.09. The lowest BCUT2D eigenvalue weighted by molar-refractivity contribution is -0.160. The van der Waals surface area contributed by atoms with E-state index in [9.17, 15) is 14.4 Å². The van der Waals surface area contributed by atoms with Crippen molar-refractivity contribution in [3.8, 4) is 0 Å². The number of allylic oxidation sites excluding steroid dienone is 6. The van der Waals surface area contributed by atoms with Crippen molar-refractivity contribution in [1.29, 1.82) is 0 Å². The van der Waals surface area contributed by atoms with Crippen molar-refractivity contribution in [2.75, 3.05) is 0 Å². The SMILES string of the molecule is CC/C=C\C/C=C\C/C=C\CCCCCCCC(=O)OC(=O)[C@@H](N)CCC(N)=O. The second-order valence-corrected chi connectivity index (χ2v) is 7.00. The average molecular weight is 407 g/mol. The molecule has 1 atom stereocenters. The summed E-state index contributed by atoms with van der Waals surface area (Å²) in [6.45, 7) is 2.13. The number of carbonyl (C=O) groups excluding carboxylic acids is 3. The maximum Gasteiger partial charge on any atom is 0.330 e. The zero-order valence-electron chi connectivity index (χ0n) is 17.8. The van der Waals surface area contributed by atoms with Gasteiger partial charge in [0.25, 0.3) is 0 Å². The van der Waals surface area contributed by atoms with Crippen molar-refractivity contribution in [2.24, 2.45) is 11.5 Å². The second-order valence-electron chi connectivity index (χ2n) is 7.00. The minimum atomic E-state index is -0.993. The Morgan fingerprint density at radius 3 is 2.07 bits per heavy atom. The van der Waals surface area contributed by atoms with Crippen LogP contribution in [0.3, 0.4) is 0 Å². The van der Waals surface area contributed by atoms with E-state index in [-0.39, 0.29) is 19.3 Å². The molecule has 0 saturated heterocycles. The summed E-state index contributed by atoms with van der Waals surface area (Å²) in [7, 11) is 0. The standard InChI is InChI=1S/C23H38N2O4/c1-2-3-4-5-6-7-8-9-10-11-12-13-14-15-16-17-22(27)29-23(28)20(24)18-19-21(25)26/h3-4,6-7,9-10,20H,2,5,8,11-19,24H2,1H3,(H2,25,26)/b4-3-,7-6-,10-9-/t20-/m0/s1. The highest BCUT2D eigenvalue weighted by molar-refractivity contribution is 5.88. The molecule has 0 radical (unpaired) electrons. The van der Waals surface area contributed by atoms with Gasteiger partial charge in [-0.2, -0.15) is 0 Å². The molecule has 0 aromatic rings. The fraction of sp³-hybridized carbons (Fsp3) is 0.609. The molecular weight excluding hydrogens is 368 g/mol. The van der Waals surface area contributed by atoms with Crippen molar-refractivity contribution in [3.63, 3.8) is 0 Å². The van der Waals surface area contributed by atoms with Gasteiger partial charge in [0.1, 0.15) is 6.04 Å². The normalized spacial score (nSPS) is 12.8. The number of hydrogen-bond acceptors (Lipinski definition) is 5. The van der Waals surface area contributed by atoms with Crippen LogP contribution in [0, 0.1) is 0 Å². The molecule has 0 aliphatic carbocycles. The van der Waals surface area contributed by atoms with Crippen molar-refractivity contribution >= 4 is 17.8 Å². The highest BCUT2D eigenvalue weighted by Crippen LogP contribution is 2.09. The van der Waals surface area contributed by atoms with Gasteiger partial charge in [-0.05, 0) is 44.9 Å². The van der Waals surface area contributed by atoms with Crippen molar-refractivity contribution in [3.05, 3.63) is 36.5 Å². The van der Waals surface area contributed by atoms with E-state index in [1.807, 2.05) is 0 Å². The number of nitrogens with two attached hydrogens (primary N) is 2. The highest BCUT2D eigenvalue weighted by Gasteiger charge is 2.19. The minimum Gasteiger partial charge on any atom is -0.392 e. The topological polar surface area (TPSA) is 112 Å². The van der Waals surface area contributed by atoms with Crippen LogP contribution >= 0.6 is 0 Å². The van der Waals surface area contributed by atoms with Gasteiger partial charge in [0.05, 0.1) is 0 Å². The Kier molecular flexibility index (Phi) is 17.7. The van der Waals surface area contributed by atoms with E-state index in [0.29, 0.717) is 6.42 Å². The first-order valence-electron chi connectivity index (χ1n) is 10.7. The number of esters is 2. The van der Waals surface area contributed by atoms with Gasteiger partial charge < -0.3 is 16.2 Å². The Labute approximate surface area is 175 Å². The first kappa shape index (κ1) is 26.8. The molecule has 0 aliphatic rings. The molecule has 164 valence electrons. The molecule has 0 aromatic heterocycles. The Morgan fingerprint density at radius 1 is 0.828 bits per heavy atom. The highest BCUT2D eigenvalue weighted by atomic mass is 16.6. The monoisotopic (exact) mass is 406 g/mol. The molecule has 6 nitrogen and oxygen atoms in total. The predicted molar refractivity (Wildman–Crippen MR) is 117 cm³/mol. The molecule has 6 heteroatoms. The average Bonchev–Trinajstić information content (AvgIpc) is 2.68. The van der Waals surface area contributed by atoms with Crippen LogP contribution in [-0.2, 0) is 19.1 Å². The molecule has 0 aromatic carbocycles. The number of primary amides is 1. The Balaban J connectivity index is 3.56. The Morgan fingerprint density at radius 2 is 1.41 bits per heavy atom. The maximum atomic E-state index is 11.6. The molecule has 0 bridgehead atoms. The summed E-state index contributed by atoms with van der Waals surface area (Å²) in [5.41, 5.74) is 10.5. The molecule has 0 unspecified atom stereocenters. The van der Waals surface area contributed by atoms with Gasteiger partial charge in [-0.3, -0.25) is 9.59 Å². The molecular formula is C23H38N2O4. The molecule has 29 heavy (non-hydrogen) atoms. The lowest BCUT2D eigenvalue weighted by Crippen LogP contribution is -2.34. The van der Waals surface area contributed by atoms with E-state index in [2.05, 4.69) is 43.4 Å². The summed E-state index contributed by atoms with van der Waals surface area (Å²) in [6.07, 6.45) is 22.5. The zero-order chi connectivity index (χ0) is 21.7. The van der Waals surface area contributed by atoms with Crippen LogP contribution in [0.1, 0.15) is 84.0 Å². The van der Waals surface area contributed by atoms with Gasteiger partial charge in [-0.15, -0.1) is 0 Å². The third kappa shape index (κ3) is 18.9. The van der Waals surface area contributed by atoms with Gasteiger partial charge in [-0.1, -0.05) is 62.6 Å². The molecule has 0 heterocycles. The smallest absolute Gasteiger partial charge is 0.330 e. The number of ether oxygens (including phenoxy) is 1. The minimum absolute atomic E-state index is 0.00695. The largest absolute Gasteiger partial charge is 0.392 e. The molecule has 0 saturated carbocycles. The first-order valence-corrected chi connectivity index (χ1v) is 10.7. The molecule has 0 aliphatic heterocycles. The molecule has 1 amide bonds. The van der Waals surface area contributed by atoms with Crippen LogP contribution in [0.5, 0.6) is 0 Å². The third-order valence-corrected chi connectivity index (χ3v) is 4.25. The van der Waals surface area contributed by atoms with Crippen LogP contribution in [0.25, 0.3) is 0 Å². The molecule has 0 rings (SSSR count). The summed E-state index contributed by atoms with van der Waals surface area (Å²) >= 11 is 0. The van der Waals surface area contributed by atoms with E-state index in [1.165, 1.54) is 0 Å². The predicted octanol–water partition coefficient (Wildman–Crippen LogP) is 4.24. The van der Waals surface area contributed by atoms with Crippen LogP contribution in [0.4, 0.5) is 0 Å². The van der Waals surface area contributed by atoms with Gasteiger partial charge >= 0.3 is 11.9 Å². The number of rotatable bonds is 17. The van der Waals surface area contributed by atoms with E-state index < -0.39 is 23.9 Å². The summed E-state index contributed by atoms with van der Waals surface area (Å²) in [5.74, 6) is -1.90. The third-order valence-electron chi connectivity index (χ3n) is 4.25. The number of carbonyl (C=O) groups is 3. The van der Waals surface area contributed by atoms with Crippen LogP contribution in [0.15, 0.2) is 36.5 Å². The molecule has 0 spiro atoms. The molecule has 4 N–H and O–H groups in total. The van der Waals surface area contributed by atoms with Crippen LogP contribution < -0.4 is 11.5 Å². The fourth-order valence-corrected chi connectivity index (χ4v) is 2.54. The van der Waals surface area contributed by atoms with E-state index >= 15 is 0 Å². The Hall–Kier alpha value is -2.21. The zero-order valence-corrected chi connectivity index (χ0v) is 17.8. The van der Waals surface area contributed by atoms with E-state index in [4.69, 9.17) is 16.2 Å². The summed E-state index contributed by atoms with van der Waals surface area (Å²) in [5, 5.41) is 0. The lowest BCUT2D eigenvalue weighted by atomic mass is 10.1. The summed E-state index contributed by atoms with van der Waals surface area (Å²) in [4.78, 5) is 33.9.